The van der Waals surface area contributed by atoms with Gasteiger partial charge in [-0.15, -0.1) is 12.4 Å². The molecule has 0 aromatic heterocycles. The van der Waals surface area contributed by atoms with Crippen LogP contribution in [0.2, 0.25) is 0 Å². The van der Waals surface area contributed by atoms with Gasteiger partial charge >= 0.3 is 0 Å². The van der Waals surface area contributed by atoms with E-state index in [0.717, 1.165) is 0 Å². The molecule has 0 saturated heterocycles. The number of unbranched alkanes of at least 4 members (excludes halogenated alkanes) is 6. The number of rotatable bonds is 10. The van der Waals surface area contributed by atoms with Gasteiger partial charge in [0.2, 0.25) is 0 Å². The van der Waals surface area contributed by atoms with Crippen LogP contribution in [0, 0.1) is 0 Å². The van der Waals surface area contributed by atoms with Gasteiger partial charge in [-0.25, -0.2) is 0 Å². The molecular weight excluding hydrogens is 236 g/mol. The monoisotopic (exact) mass is 266 g/mol. The van der Waals surface area contributed by atoms with Crippen LogP contribution in [0.5, 0.6) is 0 Å². The highest BCUT2D eigenvalue weighted by atomic mass is 35.5. The van der Waals surface area contributed by atoms with Crippen molar-refractivity contribution in [2.45, 2.75) is 89.7 Å². The van der Waals surface area contributed by atoms with Crippen molar-refractivity contribution >= 4 is 25.0 Å². The fourth-order valence-electron chi connectivity index (χ4n) is 1.99. The number of halogens is 1. The molecule has 0 radical (unpaired) electrons. The van der Waals surface area contributed by atoms with E-state index < -0.39 is 0 Å². The second-order valence-electron chi connectivity index (χ2n) is 5.12. The van der Waals surface area contributed by atoms with Gasteiger partial charge in [0, 0.05) is 4.75 Å². The molecule has 0 atom stereocenters. The molecule has 0 aromatic carbocycles. The maximum atomic E-state index is 4.79. The minimum Gasteiger partial charge on any atom is -0.173 e. The average molecular weight is 267 g/mol. The van der Waals surface area contributed by atoms with Crippen molar-refractivity contribution in [2.75, 3.05) is 0 Å². The van der Waals surface area contributed by atoms with E-state index in [0.29, 0.717) is 4.75 Å². The molecule has 0 N–H and O–H groups in total. The van der Waals surface area contributed by atoms with Gasteiger partial charge in [-0.2, -0.15) is 12.6 Å². The maximum absolute atomic E-state index is 4.79. The molecule has 0 fully saturated rings. The zero-order valence-corrected chi connectivity index (χ0v) is 13.1. The molecule has 0 amide bonds. The molecular formula is C14H31ClS. The second kappa shape index (κ2) is 12.1. The predicted molar refractivity (Wildman–Crippen MR) is 82.2 cm³/mol. The summed E-state index contributed by atoms with van der Waals surface area (Å²) in [4.78, 5) is 0. The van der Waals surface area contributed by atoms with Crippen molar-refractivity contribution in [3.05, 3.63) is 0 Å². The van der Waals surface area contributed by atoms with E-state index in [1.54, 1.807) is 0 Å². The third-order valence-corrected chi connectivity index (χ3v) is 3.59. The molecule has 0 nitrogen and oxygen atoms in total. The van der Waals surface area contributed by atoms with Crippen molar-refractivity contribution < 1.29 is 0 Å². The van der Waals surface area contributed by atoms with Crippen LogP contribution in [0.25, 0.3) is 0 Å². The fourth-order valence-corrected chi connectivity index (χ4v) is 2.31. The maximum Gasteiger partial charge on any atom is 0.0101 e. The lowest BCUT2D eigenvalue weighted by molar-refractivity contribution is 0.477. The van der Waals surface area contributed by atoms with E-state index in [1.165, 1.54) is 64.2 Å². The van der Waals surface area contributed by atoms with Crippen LogP contribution >= 0.6 is 25.0 Å². The summed E-state index contributed by atoms with van der Waals surface area (Å²) in [6.45, 7) is 6.85. The first kappa shape index (κ1) is 19.0. The highest BCUT2D eigenvalue weighted by Crippen LogP contribution is 2.28. The molecule has 0 unspecified atom stereocenters. The minimum absolute atomic E-state index is 0. The van der Waals surface area contributed by atoms with Gasteiger partial charge in [0.15, 0.2) is 0 Å². The van der Waals surface area contributed by atoms with Crippen LogP contribution in [0.3, 0.4) is 0 Å². The van der Waals surface area contributed by atoms with Crippen molar-refractivity contribution in [3.63, 3.8) is 0 Å². The summed E-state index contributed by atoms with van der Waals surface area (Å²) in [6, 6.07) is 0. The van der Waals surface area contributed by atoms with E-state index >= 15 is 0 Å². The molecule has 0 heterocycles. The third-order valence-electron chi connectivity index (χ3n) is 3.14. The molecule has 0 saturated carbocycles. The Morgan fingerprint density at radius 1 is 0.750 bits per heavy atom. The first-order valence-corrected chi connectivity index (χ1v) is 7.29. The van der Waals surface area contributed by atoms with E-state index in [-0.39, 0.29) is 12.4 Å². The van der Waals surface area contributed by atoms with Crippen molar-refractivity contribution in [1.82, 2.24) is 0 Å². The molecule has 0 aliphatic heterocycles. The fraction of sp³-hybridized carbons (Fsp3) is 1.00. The average Bonchev–Trinajstić information content (AvgIpc) is 2.20. The zero-order chi connectivity index (χ0) is 11.6. The Kier molecular flexibility index (Phi) is 14.4. The first-order chi connectivity index (χ1) is 7.12. The van der Waals surface area contributed by atoms with E-state index in [4.69, 9.17) is 12.6 Å². The number of thiol groups is 1. The van der Waals surface area contributed by atoms with Crippen LogP contribution in [-0.4, -0.2) is 4.75 Å². The normalized spacial score (nSPS) is 11.2. The Bertz CT molecular complexity index is 121. The molecule has 0 spiro atoms. The summed E-state index contributed by atoms with van der Waals surface area (Å²) in [5.74, 6) is 0. The first-order valence-electron chi connectivity index (χ1n) is 6.84. The van der Waals surface area contributed by atoms with Crippen molar-refractivity contribution in [1.29, 1.82) is 0 Å². The van der Waals surface area contributed by atoms with Crippen molar-refractivity contribution in [3.8, 4) is 0 Å². The van der Waals surface area contributed by atoms with E-state index in [2.05, 4.69) is 20.8 Å². The summed E-state index contributed by atoms with van der Waals surface area (Å²) >= 11 is 4.79. The summed E-state index contributed by atoms with van der Waals surface area (Å²) < 4.78 is 0.293. The van der Waals surface area contributed by atoms with Gasteiger partial charge in [-0.3, -0.25) is 0 Å². The van der Waals surface area contributed by atoms with Gasteiger partial charge in [0.25, 0.3) is 0 Å². The van der Waals surface area contributed by atoms with Gasteiger partial charge in [-0.05, 0) is 12.8 Å². The molecule has 0 aliphatic carbocycles. The molecule has 0 aliphatic rings. The summed E-state index contributed by atoms with van der Waals surface area (Å²) in [6.07, 6.45) is 13.5. The van der Waals surface area contributed by atoms with Gasteiger partial charge in [0.1, 0.15) is 0 Å². The van der Waals surface area contributed by atoms with Crippen LogP contribution in [0.4, 0.5) is 0 Å². The smallest absolute Gasteiger partial charge is 0.0101 e. The highest BCUT2D eigenvalue weighted by Gasteiger charge is 2.17. The Balaban J connectivity index is 0. The lowest BCUT2D eigenvalue weighted by Crippen LogP contribution is -2.16. The van der Waals surface area contributed by atoms with Gasteiger partial charge in [-0.1, -0.05) is 72.1 Å². The van der Waals surface area contributed by atoms with Gasteiger partial charge in [0.05, 0.1) is 0 Å². The summed E-state index contributed by atoms with van der Waals surface area (Å²) in [5.41, 5.74) is 0. The molecule has 0 rings (SSSR count). The Labute approximate surface area is 115 Å². The largest absolute Gasteiger partial charge is 0.173 e. The van der Waals surface area contributed by atoms with Crippen LogP contribution in [0.1, 0.15) is 85.0 Å². The van der Waals surface area contributed by atoms with E-state index in [9.17, 15) is 0 Å². The van der Waals surface area contributed by atoms with Crippen molar-refractivity contribution in [2.24, 2.45) is 0 Å². The lowest BCUT2D eigenvalue weighted by Gasteiger charge is -2.23. The van der Waals surface area contributed by atoms with Crippen LogP contribution in [0.15, 0.2) is 0 Å². The molecule has 2 heteroatoms. The quantitative estimate of drug-likeness (QED) is 0.362. The zero-order valence-electron chi connectivity index (χ0n) is 11.4. The Morgan fingerprint density at radius 2 is 1.12 bits per heavy atom. The Morgan fingerprint density at radius 3 is 1.44 bits per heavy atom. The summed E-state index contributed by atoms with van der Waals surface area (Å²) in [7, 11) is 0. The number of hydrogen-bond acceptors (Lipinski definition) is 1. The predicted octanol–water partition coefficient (Wildman–Crippen LogP) is 6.04. The second-order valence-corrected chi connectivity index (χ2v) is 6.20. The van der Waals surface area contributed by atoms with E-state index in [1.807, 2.05) is 0 Å². The summed E-state index contributed by atoms with van der Waals surface area (Å²) in [5, 5.41) is 0. The minimum atomic E-state index is 0. The van der Waals surface area contributed by atoms with Crippen LogP contribution < -0.4 is 0 Å². The topological polar surface area (TPSA) is 0 Å². The Hall–Kier alpha value is 0.640. The third kappa shape index (κ3) is 12.7. The van der Waals surface area contributed by atoms with Gasteiger partial charge < -0.3 is 0 Å². The SMILES string of the molecule is CCCCCCC(C)(S)CCCCCC.Cl. The lowest BCUT2D eigenvalue weighted by atomic mass is 9.95. The molecule has 16 heavy (non-hydrogen) atoms. The molecule has 100 valence electrons. The molecule has 0 aromatic rings. The highest BCUT2D eigenvalue weighted by molar-refractivity contribution is 7.81. The number of hydrogen-bond donors (Lipinski definition) is 1. The molecule has 0 bridgehead atoms. The standard InChI is InChI=1S/C14H30S.ClH/c1-4-6-8-10-12-14(3,15)13-11-9-7-5-2;/h15H,4-13H2,1-3H3;1H. The van der Waals surface area contributed by atoms with Crippen LogP contribution in [-0.2, 0) is 0 Å².